The van der Waals surface area contributed by atoms with E-state index < -0.39 is 0 Å². The van der Waals surface area contributed by atoms with Gasteiger partial charge >= 0.3 is 0 Å². The second-order valence-electron chi connectivity index (χ2n) is 3.84. The van der Waals surface area contributed by atoms with Crippen LogP contribution in [0.2, 0.25) is 0 Å². The molecule has 0 saturated carbocycles. The van der Waals surface area contributed by atoms with Gasteiger partial charge in [0.15, 0.2) is 6.79 Å². The van der Waals surface area contributed by atoms with Gasteiger partial charge in [0.1, 0.15) is 12.0 Å². The van der Waals surface area contributed by atoms with Crippen molar-refractivity contribution in [3.63, 3.8) is 0 Å². The molecule has 0 N–H and O–H groups in total. The van der Waals surface area contributed by atoms with E-state index in [4.69, 9.17) is 9.47 Å². The van der Waals surface area contributed by atoms with Crippen LogP contribution in [0, 0.1) is 6.92 Å². The molecule has 0 heterocycles. The Labute approximate surface area is 100.0 Å². The van der Waals surface area contributed by atoms with Crippen molar-refractivity contribution in [1.29, 1.82) is 0 Å². The number of rotatable bonds is 4. The molecule has 2 aromatic rings. The first-order valence-corrected chi connectivity index (χ1v) is 5.36. The molecule has 88 valence electrons. The van der Waals surface area contributed by atoms with Gasteiger partial charge in [-0.1, -0.05) is 18.2 Å². The summed E-state index contributed by atoms with van der Waals surface area (Å²) in [6, 6.07) is 9.46. The molecule has 0 aliphatic carbocycles. The molecule has 0 aliphatic rings. The zero-order chi connectivity index (χ0) is 12.3. The fourth-order valence-electron chi connectivity index (χ4n) is 1.84. The Bertz CT molecular complexity index is 546. The van der Waals surface area contributed by atoms with Crippen molar-refractivity contribution in [2.24, 2.45) is 0 Å². The summed E-state index contributed by atoms with van der Waals surface area (Å²) in [5.74, 6) is 0.804. The predicted molar refractivity (Wildman–Crippen MR) is 66.6 cm³/mol. The quantitative estimate of drug-likeness (QED) is 0.598. The van der Waals surface area contributed by atoms with E-state index in [1.54, 1.807) is 7.11 Å². The number of ether oxygens (including phenoxy) is 2. The van der Waals surface area contributed by atoms with Gasteiger partial charge in [0.05, 0.1) is 0 Å². The van der Waals surface area contributed by atoms with Crippen molar-refractivity contribution < 1.29 is 14.3 Å². The first-order chi connectivity index (χ1) is 8.26. The molecule has 0 atom stereocenters. The molecular formula is C14H14O3. The molecule has 2 rings (SSSR count). The first kappa shape index (κ1) is 11.6. The summed E-state index contributed by atoms with van der Waals surface area (Å²) in [4.78, 5) is 10.7. The van der Waals surface area contributed by atoms with E-state index in [1.165, 1.54) is 0 Å². The van der Waals surface area contributed by atoms with Crippen LogP contribution in [0.25, 0.3) is 10.8 Å². The van der Waals surface area contributed by atoms with Gasteiger partial charge in [0, 0.05) is 12.7 Å². The van der Waals surface area contributed by atoms with Crippen molar-refractivity contribution in [3.05, 3.63) is 41.5 Å². The highest BCUT2D eigenvalue weighted by Gasteiger charge is 2.05. The molecule has 0 spiro atoms. The number of carbonyl (C=O) groups is 1. The average Bonchev–Trinajstić information content (AvgIpc) is 2.37. The molecule has 0 fully saturated rings. The summed E-state index contributed by atoms with van der Waals surface area (Å²) in [6.07, 6.45) is 0.851. The molecule has 0 unspecified atom stereocenters. The van der Waals surface area contributed by atoms with Gasteiger partial charge in [-0.25, -0.2) is 0 Å². The number of fused-ring (bicyclic) bond motifs is 1. The lowest BCUT2D eigenvalue weighted by molar-refractivity contribution is 0.0507. The lowest BCUT2D eigenvalue weighted by Gasteiger charge is -2.10. The van der Waals surface area contributed by atoms with E-state index in [9.17, 15) is 4.79 Å². The van der Waals surface area contributed by atoms with Gasteiger partial charge in [-0.15, -0.1) is 0 Å². The molecule has 0 aromatic heterocycles. The molecule has 0 radical (unpaired) electrons. The van der Waals surface area contributed by atoms with Crippen LogP contribution in [0.5, 0.6) is 5.75 Å². The molecule has 0 aliphatic heterocycles. The van der Waals surface area contributed by atoms with Gasteiger partial charge in [-0.2, -0.15) is 0 Å². The van der Waals surface area contributed by atoms with Gasteiger partial charge in [0.25, 0.3) is 0 Å². The Morgan fingerprint density at radius 2 is 2.06 bits per heavy atom. The smallest absolute Gasteiger partial charge is 0.188 e. The molecule has 3 heteroatoms. The summed E-state index contributed by atoms with van der Waals surface area (Å²) in [6.45, 7) is 2.23. The van der Waals surface area contributed by atoms with Crippen LogP contribution in [0.3, 0.4) is 0 Å². The number of hydrogen-bond acceptors (Lipinski definition) is 3. The average molecular weight is 230 g/mol. The zero-order valence-corrected chi connectivity index (χ0v) is 9.90. The van der Waals surface area contributed by atoms with E-state index in [-0.39, 0.29) is 6.79 Å². The highest BCUT2D eigenvalue weighted by atomic mass is 16.7. The maximum Gasteiger partial charge on any atom is 0.188 e. The standard InChI is InChI=1S/C14H14O3/c1-10-13-5-3-11(8-15)7-12(13)4-6-14(10)17-9-16-2/h3-8H,9H2,1-2H3. The summed E-state index contributed by atoms with van der Waals surface area (Å²) < 4.78 is 10.3. The first-order valence-electron chi connectivity index (χ1n) is 5.36. The van der Waals surface area contributed by atoms with Crippen LogP contribution < -0.4 is 4.74 Å². The predicted octanol–water partition coefficient (Wildman–Crippen LogP) is 2.94. The fraction of sp³-hybridized carbons (Fsp3) is 0.214. The molecule has 2 aromatic carbocycles. The number of hydrogen-bond donors (Lipinski definition) is 0. The minimum atomic E-state index is 0.235. The van der Waals surface area contributed by atoms with E-state index in [2.05, 4.69) is 0 Å². The largest absolute Gasteiger partial charge is 0.467 e. The van der Waals surface area contributed by atoms with E-state index in [0.29, 0.717) is 5.56 Å². The van der Waals surface area contributed by atoms with Crippen LogP contribution in [0.1, 0.15) is 15.9 Å². The minimum absolute atomic E-state index is 0.235. The number of carbonyl (C=O) groups excluding carboxylic acids is 1. The van der Waals surface area contributed by atoms with Crippen molar-refractivity contribution in [2.45, 2.75) is 6.92 Å². The Kier molecular flexibility index (Phi) is 3.40. The van der Waals surface area contributed by atoms with Gasteiger partial charge in [-0.3, -0.25) is 4.79 Å². The lowest BCUT2D eigenvalue weighted by Crippen LogP contribution is -2.00. The third-order valence-corrected chi connectivity index (χ3v) is 2.73. The number of aryl methyl sites for hydroxylation is 1. The van der Waals surface area contributed by atoms with Crippen molar-refractivity contribution in [1.82, 2.24) is 0 Å². The number of benzene rings is 2. The van der Waals surface area contributed by atoms with Crippen LogP contribution >= 0.6 is 0 Å². The summed E-state index contributed by atoms with van der Waals surface area (Å²) in [5.41, 5.74) is 1.74. The summed E-state index contributed by atoms with van der Waals surface area (Å²) in [7, 11) is 1.59. The van der Waals surface area contributed by atoms with Crippen molar-refractivity contribution in [2.75, 3.05) is 13.9 Å². The third kappa shape index (κ3) is 2.29. The molecule has 17 heavy (non-hydrogen) atoms. The zero-order valence-electron chi connectivity index (χ0n) is 9.90. The maximum atomic E-state index is 10.7. The van der Waals surface area contributed by atoms with Crippen LogP contribution in [0.4, 0.5) is 0 Å². The number of aldehydes is 1. The minimum Gasteiger partial charge on any atom is -0.467 e. The SMILES string of the molecule is COCOc1ccc2cc(C=O)ccc2c1C. The molecule has 0 bridgehead atoms. The maximum absolute atomic E-state index is 10.7. The summed E-state index contributed by atoms with van der Waals surface area (Å²) >= 11 is 0. The second-order valence-corrected chi connectivity index (χ2v) is 3.84. The fourth-order valence-corrected chi connectivity index (χ4v) is 1.84. The highest BCUT2D eigenvalue weighted by molar-refractivity contribution is 5.92. The third-order valence-electron chi connectivity index (χ3n) is 2.73. The highest BCUT2D eigenvalue weighted by Crippen LogP contribution is 2.27. The van der Waals surface area contributed by atoms with Crippen LogP contribution in [0.15, 0.2) is 30.3 Å². The normalized spacial score (nSPS) is 10.5. The van der Waals surface area contributed by atoms with Crippen LogP contribution in [-0.4, -0.2) is 20.2 Å². The van der Waals surface area contributed by atoms with E-state index in [0.717, 1.165) is 28.4 Å². The topological polar surface area (TPSA) is 35.5 Å². The van der Waals surface area contributed by atoms with E-state index in [1.807, 2.05) is 37.3 Å². The van der Waals surface area contributed by atoms with Crippen LogP contribution in [-0.2, 0) is 4.74 Å². The molecule has 3 nitrogen and oxygen atoms in total. The second kappa shape index (κ2) is 4.97. The Balaban J connectivity index is 2.48. The Morgan fingerprint density at radius 1 is 1.24 bits per heavy atom. The van der Waals surface area contributed by atoms with E-state index >= 15 is 0 Å². The Morgan fingerprint density at radius 3 is 2.76 bits per heavy atom. The van der Waals surface area contributed by atoms with Gasteiger partial charge < -0.3 is 9.47 Å². The summed E-state index contributed by atoms with van der Waals surface area (Å²) in [5, 5.41) is 2.13. The molecular weight excluding hydrogens is 216 g/mol. The van der Waals surface area contributed by atoms with Gasteiger partial charge in [-0.05, 0) is 35.4 Å². The molecule has 0 saturated heterocycles. The number of methoxy groups -OCH3 is 1. The Hall–Kier alpha value is -1.87. The monoisotopic (exact) mass is 230 g/mol. The van der Waals surface area contributed by atoms with Crippen molar-refractivity contribution in [3.8, 4) is 5.75 Å². The van der Waals surface area contributed by atoms with Gasteiger partial charge in [0.2, 0.25) is 0 Å². The lowest BCUT2D eigenvalue weighted by atomic mass is 10.0. The molecule has 0 amide bonds. The van der Waals surface area contributed by atoms with Crippen molar-refractivity contribution >= 4 is 17.1 Å².